The molecule has 6 heteroatoms. The Morgan fingerprint density at radius 2 is 2.04 bits per heavy atom. The lowest BCUT2D eigenvalue weighted by atomic mass is 10.1. The van der Waals surface area contributed by atoms with Gasteiger partial charge in [-0.1, -0.05) is 6.07 Å². The molecule has 1 unspecified atom stereocenters. The highest BCUT2D eigenvalue weighted by Gasteiger charge is 2.21. The van der Waals surface area contributed by atoms with E-state index in [1.807, 2.05) is 80.0 Å². The van der Waals surface area contributed by atoms with Crippen molar-refractivity contribution in [2.45, 2.75) is 19.9 Å². The Kier molecular flexibility index (Phi) is 5.11. The van der Waals surface area contributed by atoms with Gasteiger partial charge >= 0.3 is 0 Å². The third-order valence-electron chi connectivity index (χ3n) is 4.29. The van der Waals surface area contributed by atoms with Crippen molar-refractivity contribution in [3.63, 3.8) is 0 Å². The maximum atomic E-state index is 12.6. The Bertz CT molecular complexity index is 881. The van der Waals surface area contributed by atoms with E-state index in [-0.39, 0.29) is 11.9 Å². The molecule has 0 spiro atoms. The first-order valence-corrected chi connectivity index (χ1v) is 8.57. The fourth-order valence-electron chi connectivity index (χ4n) is 2.97. The average Bonchev–Trinajstić information content (AvgIpc) is 3.25. The van der Waals surface area contributed by atoms with Crippen LogP contribution in [0.25, 0.3) is 0 Å². The van der Waals surface area contributed by atoms with Crippen LogP contribution in [0.15, 0.2) is 53.1 Å². The fourth-order valence-corrected chi connectivity index (χ4v) is 2.97. The van der Waals surface area contributed by atoms with E-state index in [2.05, 4.69) is 10.4 Å². The predicted molar refractivity (Wildman–Crippen MR) is 102 cm³/mol. The van der Waals surface area contributed by atoms with Crippen LogP contribution in [0.4, 0.5) is 5.69 Å². The van der Waals surface area contributed by atoms with E-state index in [1.165, 1.54) is 0 Å². The molecule has 1 amide bonds. The highest BCUT2D eigenvalue weighted by molar-refractivity contribution is 5.95. The van der Waals surface area contributed by atoms with E-state index >= 15 is 0 Å². The number of aryl methyl sites for hydroxylation is 2. The molecule has 0 aliphatic heterocycles. The summed E-state index contributed by atoms with van der Waals surface area (Å²) in [5, 5.41) is 7.56. The van der Waals surface area contributed by atoms with Crippen LogP contribution in [0.3, 0.4) is 0 Å². The molecule has 2 aromatic heterocycles. The SMILES string of the molecule is Cc1cc(C)n(C(CNC(=O)c2cccc(N(C)C)c2)c2ccco2)n1. The van der Waals surface area contributed by atoms with Gasteiger partial charge in [0.05, 0.1) is 12.0 Å². The lowest BCUT2D eigenvalue weighted by molar-refractivity contribution is 0.0948. The second-order valence-corrected chi connectivity index (χ2v) is 6.56. The lowest BCUT2D eigenvalue weighted by Gasteiger charge is -2.18. The van der Waals surface area contributed by atoms with Crippen LogP contribution in [0.2, 0.25) is 0 Å². The molecule has 0 fully saturated rings. The van der Waals surface area contributed by atoms with Gasteiger partial charge in [-0.15, -0.1) is 0 Å². The molecule has 0 saturated carbocycles. The smallest absolute Gasteiger partial charge is 0.251 e. The number of hydrogen-bond donors (Lipinski definition) is 1. The topological polar surface area (TPSA) is 63.3 Å². The fraction of sp³-hybridized carbons (Fsp3) is 0.300. The number of nitrogens with zero attached hydrogens (tertiary/aromatic N) is 3. The zero-order chi connectivity index (χ0) is 18.7. The number of anilines is 1. The van der Waals surface area contributed by atoms with Gasteiger partial charge in [0.2, 0.25) is 0 Å². The summed E-state index contributed by atoms with van der Waals surface area (Å²) in [6.07, 6.45) is 1.64. The Labute approximate surface area is 153 Å². The highest BCUT2D eigenvalue weighted by Crippen LogP contribution is 2.21. The minimum Gasteiger partial charge on any atom is -0.467 e. The third-order valence-corrected chi connectivity index (χ3v) is 4.29. The Balaban J connectivity index is 1.79. The molecule has 2 heterocycles. The van der Waals surface area contributed by atoms with Crippen molar-refractivity contribution < 1.29 is 9.21 Å². The minimum absolute atomic E-state index is 0.119. The van der Waals surface area contributed by atoms with Crippen molar-refractivity contribution in [2.24, 2.45) is 0 Å². The van der Waals surface area contributed by atoms with Gasteiger partial charge in [0.15, 0.2) is 0 Å². The minimum atomic E-state index is -0.195. The number of aromatic nitrogens is 2. The Morgan fingerprint density at radius 3 is 2.65 bits per heavy atom. The van der Waals surface area contributed by atoms with E-state index in [0.717, 1.165) is 22.8 Å². The van der Waals surface area contributed by atoms with Crippen LogP contribution in [-0.4, -0.2) is 36.3 Å². The molecule has 1 aromatic carbocycles. The molecule has 3 aromatic rings. The van der Waals surface area contributed by atoms with Crippen molar-refractivity contribution in [1.82, 2.24) is 15.1 Å². The van der Waals surface area contributed by atoms with Crippen LogP contribution in [0, 0.1) is 13.8 Å². The first kappa shape index (κ1) is 17.8. The van der Waals surface area contributed by atoms with Gasteiger partial charge in [0.1, 0.15) is 11.8 Å². The number of nitrogens with one attached hydrogen (secondary N) is 1. The molecule has 0 radical (unpaired) electrons. The Morgan fingerprint density at radius 1 is 1.23 bits per heavy atom. The molecular formula is C20H24N4O2. The first-order chi connectivity index (χ1) is 12.5. The average molecular weight is 352 g/mol. The van der Waals surface area contributed by atoms with Crippen molar-refractivity contribution in [3.8, 4) is 0 Å². The molecule has 1 atom stereocenters. The first-order valence-electron chi connectivity index (χ1n) is 8.57. The number of hydrogen-bond acceptors (Lipinski definition) is 4. The van der Waals surface area contributed by atoms with Gasteiger partial charge in [0.25, 0.3) is 5.91 Å². The number of rotatable bonds is 6. The quantitative estimate of drug-likeness (QED) is 0.740. The van der Waals surface area contributed by atoms with Crippen molar-refractivity contribution in [1.29, 1.82) is 0 Å². The monoisotopic (exact) mass is 352 g/mol. The zero-order valence-electron chi connectivity index (χ0n) is 15.6. The predicted octanol–water partition coefficient (Wildman–Crippen LogP) is 3.18. The number of amides is 1. The summed E-state index contributed by atoms with van der Waals surface area (Å²) >= 11 is 0. The lowest BCUT2D eigenvalue weighted by Crippen LogP contribution is -2.32. The molecule has 6 nitrogen and oxygen atoms in total. The number of benzene rings is 1. The number of carbonyl (C=O) groups excluding carboxylic acids is 1. The van der Waals surface area contributed by atoms with E-state index in [4.69, 9.17) is 4.42 Å². The summed E-state index contributed by atoms with van der Waals surface area (Å²) < 4.78 is 7.48. The second kappa shape index (κ2) is 7.47. The summed E-state index contributed by atoms with van der Waals surface area (Å²) in [4.78, 5) is 14.6. The molecule has 136 valence electrons. The number of furan rings is 1. The molecule has 0 bridgehead atoms. The molecule has 0 aliphatic carbocycles. The van der Waals surface area contributed by atoms with Crippen LogP contribution in [-0.2, 0) is 0 Å². The third kappa shape index (κ3) is 3.79. The van der Waals surface area contributed by atoms with Crippen LogP contribution < -0.4 is 10.2 Å². The molecule has 3 rings (SSSR count). The van der Waals surface area contributed by atoms with E-state index in [0.29, 0.717) is 12.1 Å². The van der Waals surface area contributed by atoms with Gasteiger partial charge in [-0.2, -0.15) is 5.10 Å². The highest BCUT2D eigenvalue weighted by atomic mass is 16.3. The summed E-state index contributed by atoms with van der Waals surface area (Å²) in [5.74, 6) is 0.644. The van der Waals surface area contributed by atoms with Gasteiger partial charge in [-0.3, -0.25) is 9.48 Å². The largest absolute Gasteiger partial charge is 0.467 e. The summed E-state index contributed by atoms with van der Waals surface area (Å²) in [5.41, 5.74) is 3.57. The van der Waals surface area contributed by atoms with Gasteiger partial charge in [-0.25, -0.2) is 0 Å². The molecule has 0 aliphatic rings. The summed E-state index contributed by atoms with van der Waals surface area (Å²) in [6, 6.07) is 13.1. The summed E-state index contributed by atoms with van der Waals surface area (Å²) in [7, 11) is 3.90. The normalized spacial score (nSPS) is 12.0. The maximum Gasteiger partial charge on any atom is 0.251 e. The molecule has 0 saturated heterocycles. The van der Waals surface area contributed by atoms with Crippen LogP contribution in [0.5, 0.6) is 0 Å². The molecular weight excluding hydrogens is 328 g/mol. The van der Waals surface area contributed by atoms with Gasteiger partial charge in [-0.05, 0) is 50.2 Å². The maximum absolute atomic E-state index is 12.6. The van der Waals surface area contributed by atoms with E-state index < -0.39 is 0 Å². The van der Waals surface area contributed by atoms with Gasteiger partial charge < -0.3 is 14.6 Å². The van der Waals surface area contributed by atoms with Crippen LogP contribution in [0.1, 0.15) is 33.5 Å². The second-order valence-electron chi connectivity index (χ2n) is 6.56. The van der Waals surface area contributed by atoms with Crippen LogP contribution >= 0.6 is 0 Å². The summed E-state index contributed by atoms with van der Waals surface area (Å²) in [6.45, 7) is 4.34. The molecule has 1 N–H and O–H groups in total. The van der Waals surface area contributed by atoms with E-state index in [9.17, 15) is 4.79 Å². The molecule has 26 heavy (non-hydrogen) atoms. The zero-order valence-corrected chi connectivity index (χ0v) is 15.6. The Hall–Kier alpha value is -3.02. The standard InChI is InChI=1S/C20H24N4O2/c1-14-11-15(2)24(22-14)18(19-9-6-10-26-19)13-21-20(25)16-7-5-8-17(12-16)23(3)4/h5-12,18H,13H2,1-4H3,(H,21,25). The number of carbonyl (C=O) groups is 1. The van der Waals surface area contributed by atoms with Crippen molar-refractivity contribution in [2.75, 3.05) is 25.5 Å². The van der Waals surface area contributed by atoms with Gasteiger partial charge in [0, 0.05) is 37.6 Å². The van der Waals surface area contributed by atoms with Crippen molar-refractivity contribution >= 4 is 11.6 Å². The van der Waals surface area contributed by atoms with E-state index in [1.54, 1.807) is 6.26 Å². The van der Waals surface area contributed by atoms with Crippen molar-refractivity contribution in [3.05, 3.63) is 71.4 Å².